The van der Waals surface area contributed by atoms with Gasteiger partial charge < -0.3 is 4.90 Å². The van der Waals surface area contributed by atoms with Gasteiger partial charge in [-0.05, 0) is 31.1 Å². The molecule has 1 rings (SSSR count). The van der Waals surface area contributed by atoms with Crippen molar-refractivity contribution in [3.8, 4) is 0 Å². The summed E-state index contributed by atoms with van der Waals surface area (Å²) in [6, 6.07) is 0.663. The minimum absolute atomic E-state index is 0.574. The van der Waals surface area contributed by atoms with Gasteiger partial charge in [-0.3, -0.25) is 10.4 Å². The summed E-state index contributed by atoms with van der Waals surface area (Å²) in [5, 5.41) is 0. The Labute approximate surface area is 106 Å². The SMILES string of the molecule is CC(C)CCN(C(=NCC(C)C)NN)C1CC1. The van der Waals surface area contributed by atoms with Crippen LogP contribution in [-0.4, -0.2) is 30.0 Å². The molecule has 0 amide bonds. The minimum atomic E-state index is 0.574. The Morgan fingerprint density at radius 1 is 1.29 bits per heavy atom. The van der Waals surface area contributed by atoms with E-state index >= 15 is 0 Å². The third kappa shape index (κ3) is 5.39. The molecule has 100 valence electrons. The average Bonchev–Trinajstić information content (AvgIpc) is 3.05. The second kappa shape index (κ2) is 6.84. The first-order valence-corrected chi connectivity index (χ1v) is 6.82. The van der Waals surface area contributed by atoms with E-state index in [-0.39, 0.29) is 0 Å². The van der Waals surface area contributed by atoms with Crippen LogP contribution in [0, 0.1) is 11.8 Å². The van der Waals surface area contributed by atoms with Crippen LogP contribution in [-0.2, 0) is 0 Å². The number of nitrogens with one attached hydrogen (secondary N) is 1. The van der Waals surface area contributed by atoms with Crippen LogP contribution in [0.5, 0.6) is 0 Å². The summed E-state index contributed by atoms with van der Waals surface area (Å²) in [5.41, 5.74) is 2.78. The number of nitrogens with two attached hydrogens (primary N) is 1. The number of hydrazine groups is 1. The second-order valence-corrected chi connectivity index (χ2v) is 5.81. The molecule has 0 aromatic carbocycles. The van der Waals surface area contributed by atoms with Gasteiger partial charge in [0, 0.05) is 19.1 Å². The zero-order chi connectivity index (χ0) is 12.8. The van der Waals surface area contributed by atoms with Crippen LogP contribution in [0.1, 0.15) is 47.0 Å². The van der Waals surface area contributed by atoms with Gasteiger partial charge in [0.1, 0.15) is 0 Å². The lowest BCUT2D eigenvalue weighted by molar-refractivity contribution is 0.359. The maximum Gasteiger partial charge on any atom is 0.208 e. The lowest BCUT2D eigenvalue weighted by atomic mass is 10.1. The van der Waals surface area contributed by atoms with E-state index in [0.717, 1.165) is 25.0 Å². The topological polar surface area (TPSA) is 53.6 Å². The van der Waals surface area contributed by atoms with Gasteiger partial charge in [0.2, 0.25) is 5.96 Å². The summed E-state index contributed by atoms with van der Waals surface area (Å²) in [7, 11) is 0. The molecule has 1 fully saturated rings. The zero-order valence-electron chi connectivity index (χ0n) is 11.7. The Morgan fingerprint density at radius 2 is 1.94 bits per heavy atom. The lowest BCUT2D eigenvalue weighted by Crippen LogP contribution is -2.46. The molecular weight excluding hydrogens is 212 g/mol. The van der Waals surface area contributed by atoms with Crippen molar-refractivity contribution in [2.75, 3.05) is 13.1 Å². The predicted octanol–water partition coefficient (Wildman–Crippen LogP) is 1.97. The van der Waals surface area contributed by atoms with E-state index in [2.05, 4.69) is 43.0 Å². The Hall–Kier alpha value is -0.770. The quantitative estimate of drug-likeness (QED) is 0.323. The smallest absolute Gasteiger partial charge is 0.208 e. The Bertz CT molecular complexity index is 244. The number of aliphatic imine (C=N–C) groups is 1. The van der Waals surface area contributed by atoms with Crippen molar-refractivity contribution in [2.24, 2.45) is 22.7 Å². The van der Waals surface area contributed by atoms with Gasteiger partial charge in [0.25, 0.3) is 0 Å². The number of rotatable bonds is 6. The van der Waals surface area contributed by atoms with E-state index in [4.69, 9.17) is 5.84 Å². The summed E-state index contributed by atoms with van der Waals surface area (Å²) in [4.78, 5) is 6.94. The van der Waals surface area contributed by atoms with E-state index < -0.39 is 0 Å². The van der Waals surface area contributed by atoms with Crippen LogP contribution < -0.4 is 11.3 Å². The first-order valence-electron chi connectivity index (χ1n) is 6.82. The van der Waals surface area contributed by atoms with E-state index in [9.17, 15) is 0 Å². The van der Waals surface area contributed by atoms with Crippen molar-refractivity contribution in [2.45, 2.75) is 53.0 Å². The van der Waals surface area contributed by atoms with Crippen LogP contribution in [0.25, 0.3) is 0 Å². The van der Waals surface area contributed by atoms with Crippen molar-refractivity contribution in [3.05, 3.63) is 0 Å². The molecule has 1 aliphatic carbocycles. The Kier molecular flexibility index (Phi) is 5.75. The maximum absolute atomic E-state index is 5.61. The van der Waals surface area contributed by atoms with Crippen molar-refractivity contribution >= 4 is 5.96 Å². The summed E-state index contributed by atoms with van der Waals surface area (Å²) in [5.74, 6) is 7.78. The fraction of sp³-hybridized carbons (Fsp3) is 0.923. The highest BCUT2D eigenvalue weighted by Crippen LogP contribution is 2.27. The van der Waals surface area contributed by atoms with Crippen molar-refractivity contribution in [1.82, 2.24) is 10.3 Å². The van der Waals surface area contributed by atoms with Gasteiger partial charge in [-0.1, -0.05) is 27.7 Å². The third-order valence-corrected chi connectivity index (χ3v) is 2.94. The average molecular weight is 240 g/mol. The van der Waals surface area contributed by atoms with Gasteiger partial charge in [-0.2, -0.15) is 0 Å². The summed E-state index contributed by atoms with van der Waals surface area (Å²) in [6.07, 6.45) is 3.75. The van der Waals surface area contributed by atoms with Gasteiger partial charge in [0.15, 0.2) is 0 Å². The third-order valence-electron chi connectivity index (χ3n) is 2.94. The normalized spacial score (nSPS) is 16.8. The highest BCUT2D eigenvalue weighted by molar-refractivity contribution is 5.80. The van der Waals surface area contributed by atoms with E-state index in [1.54, 1.807) is 0 Å². The molecule has 0 radical (unpaired) electrons. The molecule has 4 heteroatoms. The number of hydrogen-bond donors (Lipinski definition) is 2. The fourth-order valence-electron chi connectivity index (χ4n) is 1.73. The van der Waals surface area contributed by atoms with Gasteiger partial charge >= 0.3 is 0 Å². The first-order chi connectivity index (χ1) is 8.04. The highest BCUT2D eigenvalue weighted by atomic mass is 15.4. The van der Waals surface area contributed by atoms with Crippen LogP contribution in [0.15, 0.2) is 4.99 Å². The van der Waals surface area contributed by atoms with Gasteiger partial charge in [-0.25, -0.2) is 5.84 Å². The Balaban J connectivity index is 2.56. The number of hydrogen-bond acceptors (Lipinski definition) is 2. The van der Waals surface area contributed by atoms with Crippen LogP contribution in [0.4, 0.5) is 0 Å². The van der Waals surface area contributed by atoms with Gasteiger partial charge in [-0.15, -0.1) is 0 Å². The van der Waals surface area contributed by atoms with Crippen molar-refractivity contribution in [3.63, 3.8) is 0 Å². The first kappa shape index (κ1) is 14.3. The molecule has 4 nitrogen and oxygen atoms in total. The van der Waals surface area contributed by atoms with Crippen molar-refractivity contribution in [1.29, 1.82) is 0 Å². The molecule has 0 bridgehead atoms. The molecule has 0 heterocycles. The largest absolute Gasteiger partial charge is 0.339 e. The van der Waals surface area contributed by atoms with Crippen LogP contribution in [0.2, 0.25) is 0 Å². The molecule has 0 spiro atoms. The second-order valence-electron chi connectivity index (χ2n) is 5.81. The lowest BCUT2D eigenvalue weighted by Gasteiger charge is -2.26. The molecule has 0 aliphatic heterocycles. The highest BCUT2D eigenvalue weighted by Gasteiger charge is 2.30. The molecular formula is C13H28N4. The molecule has 3 N–H and O–H groups in total. The number of guanidine groups is 1. The van der Waals surface area contributed by atoms with E-state index in [0.29, 0.717) is 12.0 Å². The summed E-state index contributed by atoms with van der Waals surface area (Å²) in [6.45, 7) is 10.8. The molecule has 0 unspecified atom stereocenters. The monoisotopic (exact) mass is 240 g/mol. The zero-order valence-corrected chi connectivity index (χ0v) is 11.7. The molecule has 0 atom stereocenters. The summed E-state index contributed by atoms with van der Waals surface area (Å²) >= 11 is 0. The molecule has 1 saturated carbocycles. The van der Waals surface area contributed by atoms with E-state index in [1.165, 1.54) is 19.3 Å². The number of nitrogens with zero attached hydrogens (tertiary/aromatic N) is 2. The minimum Gasteiger partial charge on any atom is -0.339 e. The van der Waals surface area contributed by atoms with Gasteiger partial charge in [0.05, 0.1) is 0 Å². The van der Waals surface area contributed by atoms with E-state index in [1.807, 2.05) is 0 Å². The fourth-order valence-corrected chi connectivity index (χ4v) is 1.73. The van der Waals surface area contributed by atoms with Crippen LogP contribution in [0.3, 0.4) is 0 Å². The standard InChI is InChI=1S/C13H28N4/c1-10(2)7-8-17(12-5-6-12)13(16-14)15-9-11(3)4/h10-12H,5-9,14H2,1-4H3,(H,15,16). The predicted molar refractivity (Wildman–Crippen MR) is 73.6 cm³/mol. The Morgan fingerprint density at radius 3 is 2.35 bits per heavy atom. The summed E-state index contributed by atoms with van der Waals surface area (Å²) < 4.78 is 0. The molecule has 0 aromatic rings. The molecule has 0 saturated heterocycles. The molecule has 0 aromatic heterocycles. The maximum atomic E-state index is 5.61. The van der Waals surface area contributed by atoms with Crippen LogP contribution >= 0.6 is 0 Å². The molecule has 1 aliphatic rings. The molecule has 17 heavy (non-hydrogen) atoms. The van der Waals surface area contributed by atoms with Crippen molar-refractivity contribution < 1.29 is 0 Å².